The molecule has 136 valence electrons. The highest BCUT2D eigenvalue weighted by Gasteiger charge is 2.23. The molecule has 2 aromatic carbocycles. The molecule has 0 aliphatic heterocycles. The minimum absolute atomic E-state index is 0.0170. The first-order valence-corrected chi connectivity index (χ1v) is 8.65. The zero-order chi connectivity index (χ0) is 19.0. The van der Waals surface area contributed by atoms with Crippen molar-refractivity contribution in [3.05, 3.63) is 87.7 Å². The van der Waals surface area contributed by atoms with Crippen LogP contribution in [0.5, 0.6) is 0 Å². The van der Waals surface area contributed by atoms with Gasteiger partial charge in [-0.25, -0.2) is 8.78 Å². The lowest BCUT2D eigenvalue weighted by Crippen LogP contribution is -2.16. The Morgan fingerprint density at radius 1 is 1.00 bits per heavy atom. The Labute approximate surface area is 162 Å². The normalized spacial score (nSPS) is 12.3. The Balaban J connectivity index is 1.80. The Morgan fingerprint density at radius 2 is 1.81 bits per heavy atom. The van der Waals surface area contributed by atoms with Crippen molar-refractivity contribution in [2.75, 3.05) is 5.32 Å². The zero-order valence-corrected chi connectivity index (χ0v) is 15.1. The minimum Gasteiger partial charge on any atom is -0.424 e. The van der Waals surface area contributed by atoms with Crippen LogP contribution in [0.25, 0.3) is 11.1 Å². The van der Waals surface area contributed by atoms with Gasteiger partial charge in [-0.1, -0.05) is 41.4 Å². The molecule has 2 heterocycles. The molecule has 0 fully saturated rings. The van der Waals surface area contributed by atoms with Crippen molar-refractivity contribution < 1.29 is 13.2 Å². The van der Waals surface area contributed by atoms with E-state index in [1.807, 2.05) is 12.1 Å². The van der Waals surface area contributed by atoms with Gasteiger partial charge in [-0.05, 0) is 35.9 Å². The van der Waals surface area contributed by atoms with Crippen LogP contribution in [0.3, 0.4) is 0 Å². The molecule has 1 atom stereocenters. The van der Waals surface area contributed by atoms with Gasteiger partial charge in [0.15, 0.2) is 5.58 Å². The van der Waals surface area contributed by atoms with Crippen LogP contribution in [0, 0.1) is 11.6 Å². The van der Waals surface area contributed by atoms with Crippen LogP contribution in [-0.4, -0.2) is 9.97 Å². The van der Waals surface area contributed by atoms with Gasteiger partial charge in [0.25, 0.3) is 6.01 Å². The van der Waals surface area contributed by atoms with E-state index in [-0.39, 0.29) is 21.8 Å². The second kappa shape index (κ2) is 7.13. The van der Waals surface area contributed by atoms with E-state index in [0.717, 1.165) is 6.07 Å². The largest absolute Gasteiger partial charge is 0.424 e. The van der Waals surface area contributed by atoms with Gasteiger partial charge < -0.3 is 9.73 Å². The van der Waals surface area contributed by atoms with E-state index in [0.29, 0.717) is 16.7 Å². The van der Waals surface area contributed by atoms with Crippen molar-refractivity contribution in [2.45, 2.75) is 6.04 Å². The van der Waals surface area contributed by atoms with Gasteiger partial charge in [0.1, 0.15) is 28.9 Å². The molecule has 4 rings (SSSR count). The number of nitrogens with zero attached hydrogens (tertiary/aromatic N) is 2. The molecule has 0 amide bonds. The molecule has 0 aliphatic rings. The van der Waals surface area contributed by atoms with Gasteiger partial charge in [-0.3, -0.25) is 4.98 Å². The van der Waals surface area contributed by atoms with Crippen molar-refractivity contribution >= 4 is 40.3 Å². The maximum atomic E-state index is 14.5. The van der Waals surface area contributed by atoms with E-state index < -0.39 is 17.7 Å². The Bertz CT molecular complexity index is 1100. The number of rotatable bonds is 4. The van der Waals surface area contributed by atoms with Gasteiger partial charge in [0, 0.05) is 6.20 Å². The standard InChI is InChI=1S/C19H11Cl2F2N3O/c20-11-8-14(23)18(24-9-11)17(10-5-6-12(21)13(22)7-10)26-19-25-15-3-1-2-4-16(15)27-19/h1-9,17H,(H,25,26)/t17-/m0/s1. The summed E-state index contributed by atoms with van der Waals surface area (Å²) >= 11 is 11.6. The lowest BCUT2D eigenvalue weighted by molar-refractivity contribution is 0.574. The summed E-state index contributed by atoms with van der Waals surface area (Å²) in [7, 11) is 0. The molecule has 0 bridgehead atoms. The van der Waals surface area contributed by atoms with E-state index in [4.69, 9.17) is 27.6 Å². The topological polar surface area (TPSA) is 51.0 Å². The number of para-hydroxylation sites is 2. The molecule has 1 N–H and O–H groups in total. The summed E-state index contributed by atoms with van der Waals surface area (Å²) < 4.78 is 34.1. The van der Waals surface area contributed by atoms with Gasteiger partial charge in [-0.15, -0.1) is 0 Å². The molecular formula is C19H11Cl2F2N3O. The van der Waals surface area contributed by atoms with Crippen LogP contribution in [0.15, 0.2) is 59.1 Å². The predicted octanol–water partition coefficient (Wildman–Crippen LogP) is 6.01. The molecule has 27 heavy (non-hydrogen) atoms. The van der Waals surface area contributed by atoms with Crippen molar-refractivity contribution in [1.82, 2.24) is 9.97 Å². The van der Waals surface area contributed by atoms with Crippen LogP contribution in [-0.2, 0) is 0 Å². The van der Waals surface area contributed by atoms with Crippen LogP contribution < -0.4 is 5.32 Å². The molecule has 0 saturated carbocycles. The van der Waals surface area contributed by atoms with Crippen LogP contribution in [0.4, 0.5) is 14.8 Å². The molecule has 0 spiro atoms. The van der Waals surface area contributed by atoms with Gasteiger partial charge in [-0.2, -0.15) is 4.98 Å². The number of halogens is 4. The van der Waals surface area contributed by atoms with Crippen LogP contribution in [0.1, 0.15) is 17.3 Å². The van der Waals surface area contributed by atoms with E-state index in [1.165, 1.54) is 18.3 Å². The lowest BCUT2D eigenvalue weighted by atomic mass is 10.0. The quantitative estimate of drug-likeness (QED) is 0.451. The molecule has 0 unspecified atom stereocenters. The molecule has 0 aliphatic carbocycles. The minimum atomic E-state index is -0.873. The summed E-state index contributed by atoms with van der Waals surface area (Å²) in [5.41, 5.74) is 1.60. The fourth-order valence-corrected chi connectivity index (χ4v) is 2.96. The van der Waals surface area contributed by atoms with Gasteiger partial charge >= 0.3 is 0 Å². The van der Waals surface area contributed by atoms with Crippen LogP contribution >= 0.6 is 23.2 Å². The number of nitrogens with one attached hydrogen (secondary N) is 1. The molecule has 4 nitrogen and oxygen atoms in total. The molecule has 2 aromatic heterocycles. The highest BCUT2D eigenvalue weighted by molar-refractivity contribution is 6.30. The molecular weight excluding hydrogens is 395 g/mol. The zero-order valence-electron chi connectivity index (χ0n) is 13.6. The summed E-state index contributed by atoms with van der Waals surface area (Å²) in [5, 5.41) is 3.09. The predicted molar refractivity (Wildman–Crippen MR) is 100 cm³/mol. The summed E-state index contributed by atoms with van der Waals surface area (Å²) in [4.78, 5) is 8.38. The van der Waals surface area contributed by atoms with Crippen molar-refractivity contribution in [2.24, 2.45) is 0 Å². The van der Waals surface area contributed by atoms with Crippen molar-refractivity contribution in [3.8, 4) is 0 Å². The Kier molecular flexibility index (Phi) is 4.68. The number of hydrogen-bond acceptors (Lipinski definition) is 4. The smallest absolute Gasteiger partial charge is 0.296 e. The molecule has 0 saturated heterocycles. The number of anilines is 1. The summed E-state index contributed by atoms with van der Waals surface area (Å²) in [6, 6.07) is 11.7. The van der Waals surface area contributed by atoms with Crippen molar-refractivity contribution in [1.29, 1.82) is 0 Å². The van der Waals surface area contributed by atoms with Crippen molar-refractivity contribution in [3.63, 3.8) is 0 Å². The van der Waals surface area contributed by atoms with E-state index in [9.17, 15) is 8.78 Å². The van der Waals surface area contributed by atoms with E-state index >= 15 is 0 Å². The number of aromatic nitrogens is 2. The first-order chi connectivity index (χ1) is 13.0. The number of pyridine rings is 1. The third-order valence-electron chi connectivity index (χ3n) is 3.95. The average Bonchev–Trinajstić information content (AvgIpc) is 3.05. The number of fused-ring (bicyclic) bond motifs is 1. The van der Waals surface area contributed by atoms with E-state index in [1.54, 1.807) is 18.2 Å². The monoisotopic (exact) mass is 405 g/mol. The summed E-state index contributed by atoms with van der Waals surface area (Å²) in [6.07, 6.45) is 1.31. The first-order valence-electron chi connectivity index (χ1n) is 7.89. The maximum Gasteiger partial charge on any atom is 0.296 e. The van der Waals surface area contributed by atoms with Crippen LogP contribution in [0.2, 0.25) is 10.0 Å². The van der Waals surface area contributed by atoms with E-state index in [2.05, 4.69) is 15.3 Å². The molecule has 8 heteroatoms. The third kappa shape index (κ3) is 3.59. The van der Waals surface area contributed by atoms with Gasteiger partial charge in [0.05, 0.1) is 10.0 Å². The lowest BCUT2D eigenvalue weighted by Gasteiger charge is -2.18. The fourth-order valence-electron chi connectivity index (χ4n) is 2.70. The highest BCUT2D eigenvalue weighted by Crippen LogP contribution is 2.31. The second-order valence-corrected chi connectivity index (χ2v) is 6.60. The second-order valence-electron chi connectivity index (χ2n) is 5.76. The average molecular weight is 406 g/mol. The first kappa shape index (κ1) is 17.7. The maximum absolute atomic E-state index is 14.5. The van der Waals surface area contributed by atoms with Gasteiger partial charge in [0.2, 0.25) is 0 Å². The highest BCUT2D eigenvalue weighted by atomic mass is 35.5. The number of benzene rings is 2. The Hall–Kier alpha value is -2.70. The Morgan fingerprint density at radius 3 is 2.56 bits per heavy atom. The number of oxazole rings is 1. The molecule has 0 radical (unpaired) electrons. The summed E-state index contributed by atoms with van der Waals surface area (Å²) in [5.74, 6) is -1.28. The summed E-state index contributed by atoms with van der Waals surface area (Å²) in [6.45, 7) is 0. The number of hydrogen-bond donors (Lipinski definition) is 1. The molecule has 4 aromatic rings. The third-order valence-corrected chi connectivity index (χ3v) is 4.46. The fraction of sp³-hybridized carbons (Fsp3) is 0.0526. The SMILES string of the molecule is Fc1cc([C@H](Nc2nc3ccccc3o2)c2ncc(Cl)cc2F)ccc1Cl.